The molecule has 0 radical (unpaired) electrons. The lowest BCUT2D eigenvalue weighted by Crippen LogP contribution is -2.46. The number of nitrogens with zero attached hydrogens (tertiary/aromatic N) is 1. The number of carbonyl (C=O) groups excluding carboxylic acids is 4. The average molecular weight is 427 g/mol. The number of hydrogen-bond donors (Lipinski definition) is 2. The number of rotatable bonds is 7. The third-order valence-electron chi connectivity index (χ3n) is 3.74. The molecule has 2 N–H and O–H groups in total. The first kappa shape index (κ1) is 25.1. The third kappa shape index (κ3) is 7.75. The molecule has 9 nitrogen and oxygen atoms in total. The van der Waals surface area contributed by atoms with E-state index in [4.69, 9.17) is 17.6 Å². The van der Waals surface area contributed by atoms with Gasteiger partial charge in [0.2, 0.25) is 5.91 Å². The van der Waals surface area contributed by atoms with Crippen LogP contribution in [0.1, 0.15) is 37.9 Å². The Morgan fingerprint density at radius 3 is 2.29 bits per heavy atom. The lowest BCUT2D eigenvalue weighted by Gasteiger charge is -2.27. The molecule has 9 heteroatoms. The Morgan fingerprint density at radius 1 is 1.10 bits per heavy atom. The maximum Gasteiger partial charge on any atom is 0.408 e. The molecule has 1 aromatic carbocycles. The van der Waals surface area contributed by atoms with Gasteiger partial charge in [0.25, 0.3) is 5.91 Å². The lowest BCUT2D eigenvalue weighted by molar-refractivity contribution is -0.142. The van der Waals surface area contributed by atoms with Crippen LogP contribution in [-0.2, 0) is 23.9 Å². The predicted molar refractivity (Wildman–Crippen MR) is 112 cm³/mol. The molecule has 31 heavy (non-hydrogen) atoms. The Kier molecular flexibility index (Phi) is 9.11. The van der Waals surface area contributed by atoms with E-state index in [9.17, 15) is 19.2 Å². The molecule has 0 saturated carbocycles. The zero-order valence-corrected chi connectivity index (χ0v) is 17.9. The fourth-order valence-corrected chi connectivity index (χ4v) is 2.43. The first-order chi connectivity index (χ1) is 14.5. The van der Waals surface area contributed by atoms with Crippen LogP contribution in [0.4, 0.5) is 4.79 Å². The molecule has 164 valence electrons. The van der Waals surface area contributed by atoms with E-state index in [1.807, 2.05) is 0 Å². The molecule has 0 aromatic heterocycles. The summed E-state index contributed by atoms with van der Waals surface area (Å²) in [6.07, 6.45) is 10.2. The highest BCUT2D eigenvalue weighted by atomic mass is 16.6. The molecule has 1 aromatic rings. The fourth-order valence-electron chi connectivity index (χ4n) is 2.43. The monoisotopic (exact) mass is 427 g/mol. The first-order valence-corrected chi connectivity index (χ1v) is 9.19. The van der Waals surface area contributed by atoms with Gasteiger partial charge in [-0.3, -0.25) is 19.3 Å². The topological polar surface area (TPSA) is 114 Å². The molecule has 0 spiro atoms. The van der Waals surface area contributed by atoms with Gasteiger partial charge in [0.05, 0.1) is 7.11 Å². The summed E-state index contributed by atoms with van der Waals surface area (Å²) in [4.78, 5) is 49.7. The second-order valence-electron chi connectivity index (χ2n) is 7.18. The zero-order chi connectivity index (χ0) is 23.6. The fraction of sp³-hybridized carbons (Fsp3) is 0.364. The van der Waals surface area contributed by atoms with Gasteiger partial charge in [-0.25, -0.2) is 4.79 Å². The summed E-state index contributed by atoms with van der Waals surface area (Å²) in [7, 11) is 1.17. The molecule has 1 rings (SSSR count). The van der Waals surface area contributed by atoms with E-state index in [1.54, 1.807) is 39.0 Å². The number of hydrogen-bond acceptors (Lipinski definition) is 6. The molecular formula is C22H25N3O6. The highest BCUT2D eigenvalue weighted by Crippen LogP contribution is 2.24. The van der Waals surface area contributed by atoms with Gasteiger partial charge in [-0.1, -0.05) is 30.5 Å². The second-order valence-corrected chi connectivity index (χ2v) is 7.18. The van der Waals surface area contributed by atoms with E-state index in [0.29, 0.717) is 5.56 Å². The average Bonchev–Trinajstić information content (AvgIpc) is 2.72. The zero-order valence-electron chi connectivity index (χ0n) is 17.9. The molecule has 0 fully saturated rings. The van der Waals surface area contributed by atoms with Gasteiger partial charge in [0, 0.05) is 17.2 Å². The standard InChI is InChI=1S/C22H25N3O6/c1-7-15-11-9-10-12-16(15)19(20(28)23-14-18(27)30-6)25(8-2)17(26)13-24-21(29)31-22(3,4)5/h1-2,9-12,19H,13-14H2,3-6H3,(H,23,28)(H,24,29). The Bertz CT molecular complexity index is 920. The predicted octanol–water partition coefficient (Wildman–Crippen LogP) is 0.942. The van der Waals surface area contributed by atoms with E-state index in [0.717, 1.165) is 4.90 Å². The van der Waals surface area contributed by atoms with Gasteiger partial charge < -0.3 is 20.1 Å². The van der Waals surface area contributed by atoms with Crippen LogP contribution >= 0.6 is 0 Å². The Hall–Kier alpha value is -3.98. The maximum atomic E-state index is 12.9. The van der Waals surface area contributed by atoms with Crippen molar-refractivity contribution in [2.45, 2.75) is 32.4 Å². The number of methoxy groups -OCH3 is 1. The quantitative estimate of drug-likeness (QED) is 0.380. The number of ether oxygens (including phenoxy) is 2. The summed E-state index contributed by atoms with van der Waals surface area (Å²) in [6, 6.07) is 7.20. The number of alkyl carbamates (subject to hydrolysis) is 1. The van der Waals surface area contributed by atoms with Crippen molar-refractivity contribution in [3.8, 4) is 24.8 Å². The van der Waals surface area contributed by atoms with Gasteiger partial charge in [-0.05, 0) is 26.8 Å². The molecule has 0 bridgehead atoms. The van der Waals surface area contributed by atoms with Crippen molar-refractivity contribution in [3.05, 3.63) is 35.4 Å². The van der Waals surface area contributed by atoms with Crippen LogP contribution in [0.25, 0.3) is 0 Å². The normalized spacial score (nSPS) is 11.2. The van der Waals surface area contributed by atoms with Crippen molar-refractivity contribution in [2.24, 2.45) is 0 Å². The van der Waals surface area contributed by atoms with Gasteiger partial charge >= 0.3 is 12.1 Å². The van der Waals surface area contributed by atoms with E-state index in [2.05, 4.69) is 27.3 Å². The number of benzene rings is 1. The summed E-state index contributed by atoms with van der Waals surface area (Å²) < 4.78 is 9.58. The van der Waals surface area contributed by atoms with E-state index in [1.165, 1.54) is 13.2 Å². The van der Waals surface area contributed by atoms with Crippen LogP contribution < -0.4 is 10.6 Å². The SMILES string of the molecule is C#Cc1ccccc1C(C(=O)NCC(=O)OC)N(C#C)C(=O)CNC(=O)OC(C)(C)C. The molecule has 0 heterocycles. The highest BCUT2D eigenvalue weighted by Gasteiger charge is 2.32. The van der Waals surface area contributed by atoms with Crippen LogP contribution in [0.3, 0.4) is 0 Å². The first-order valence-electron chi connectivity index (χ1n) is 9.19. The Labute approximate surface area is 181 Å². The number of terminal acetylenes is 2. The largest absolute Gasteiger partial charge is 0.468 e. The molecule has 0 saturated heterocycles. The van der Waals surface area contributed by atoms with Crippen molar-refractivity contribution >= 4 is 23.9 Å². The summed E-state index contributed by atoms with van der Waals surface area (Å²) >= 11 is 0. The minimum atomic E-state index is -1.35. The number of carbonyl (C=O) groups is 4. The number of amides is 3. The Morgan fingerprint density at radius 2 is 1.74 bits per heavy atom. The van der Waals surface area contributed by atoms with E-state index < -0.39 is 48.6 Å². The molecule has 0 aliphatic heterocycles. The summed E-state index contributed by atoms with van der Waals surface area (Å²) in [5.74, 6) is 0.222. The summed E-state index contributed by atoms with van der Waals surface area (Å²) in [5.41, 5.74) is -0.161. The van der Waals surface area contributed by atoms with Crippen molar-refractivity contribution in [3.63, 3.8) is 0 Å². The van der Waals surface area contributed by atoms with Crippen molar-refractivity contribution in [1.29, 1.82) is 0 Å². The summed E-state index contributed by atoms with van der Waals surface area (Å²) in [5, 5.41) is 4.66. The minimum absolute atomic E-state index is 0.274. The van der Waals surface area contributed by atoms with Gasteiger partial charge in [-0.15, -0.1) is 6.42 Å². The van der Waals surface area contributed by atoms with Crippen molar-refractivity contribution in [2.75, 3.05) is 20.2 Å². The van der Waals surface area contributed by atoms with Crippen LogP contribution in [0.2, 0.25) is 0 Å². The highest BCUT2D eigenvalue weighted by molar-refractivity contribution is 5.93. The third-order valence-corrected chi connectivity index (χ3v) is 3.74. The molecule has 3 amide bonds. The molecular weight excluding hydrogens is 402 g/mol. The summed E-state index contributed by atoms with van der Waals surface area (Å²) in [6.45, 7) is 4.03. The molecule has 1 atom stereocenters. The van der Waals surface area contributed by atoms with Crippen LogP contribution in [0, 0.1) is 24.8 Å². The Balaban J connectivity index is 3.17. The van der Waals surface area contributed by atoms with Crippen LogP contribution in [0.15, 0.2) is 24.3 Å². The van der Waals surface area contributed by atoms with Crippen LogP contribution in [0.5, 0.6) is 0 Å². The van der Waals surface area contributed by atoms with Gasteiger partial charge in [0.15, 0.2) is 0 Å². The number of nitrogens with one attached hydrogen (secondary N) is 2. The van der Waals surface area contributed by atoms with Gasteiger partial charge in [0.1, 0.15) is 24.7 Å². The smallest absolute Gasteiger partial charge is 0.408 e. The van der Waals surface area contributed by atoms with Crippen molar-refractivity contribution < 1.29 is 28.7 Å². The molecule has 0 aliphatic rings. The molecule has 0 aliphatic carbocycles. The van der Waals surface area contributed by atoms with E-state index >= 15 is 0 Å². The minimum Gasteiger partial charge on any atom is -0.468 e. The van der Waals surface area contributed by atoms with Crippen molar-refractivity contribution in [1.82, 2.24) is 15.5 Å². The van der Waals surface area contributed by atoms with E-state index in [-0.39, 0.29) is 5.56 Å². The number of esters is 1. The molecule has 1 unspecified atom stereocenters. The lowest BCUT2D eigenvalue weighted by atomic mass is 9.98. The maximum absolute atomic E-state index is 12.9. The van der Waals surface area contributed by atoms with Crippen LogP contribution in [-0.4, -0.2) is 54.6 Å². The van der Waals surface area contributed by atoms with Gasteiger partial charge in [-0.2, -0.15) is 0 Å². The second kappa shape index (κ2) is 11.3.